The van der Waals surface area contributed by atoms with E-state index in [2.05, 4.69) is 20.5 Å². The van der Waals surface area contributed by atoms with Crippen molar-refractivity contribution in [1.82, 2.24) is 19.6 Å². The number of nitrogens with zero attached hydrogens (tertiary/aromatic N) is 4. The van der Waals surface area contributed by atoms with Crippen molar-refractivity contribution in [2.24, 2.45) is 0 Å². The third kappa shape index (κ3) is 2.15. The number of hydrogen-bond acceptors (Lipinski definition) is 5. The van der Waals surface area contributed by atoms with Crippen molar-refractivity contribution in [2.75, 3.05) is 25.6 Å². The van der Waals surface area contributed by atoms with Gasteiger partial charge in [0.05, 0.1) is 0 Å². The summed E-state index contributed by atoms with van der Waals surface area (Å²) in [6, 6.07) is 0. The third-order valence-corrected chi connectivity index (χ3v) is 3.11. The number of fused-ring (bicyclic) bond motifs is 1. The van der Waals surface area contributed by atoms with Gasteiger partial charge in [0.1, 0.15) is 5.82 Å². The number of anilines is 1. The summed E-state index contributed by atoms with van der Waals surface area (Å²) in [6.45, 7) is 1.57. The van der Waals surface area contributed by atoms with Crippen LogP contribution in [0.4, 0.5) is 5.82 Å². The Hall–Kier alpha value is -1.69. The molecule has 0 saturated heterocycles. The van der Waals surface area contributed by atoms with Crippen LogP contribution in [-0.2, 0) is 4.74 Å². The molecule has 0 aliphatic heterocycles. The number of ether oxygens (including phenoxy) is 1. The zero-order chi connectivity index (χ0) is 12.4. The summed E-state index contributed by atoms with van der Waals surface area (Å²) in [5, 5.41) is 11.8. The van der Waals surface area contributed by atoms with Crippen molar-refractivity contribution in [1.29, 1.82) is 0 Å². The second-order valence-electron chi connectivity index (χ2n) is 4.58. The minimum atomic E-state index is 0.587. The fraction of sp³-hybridized carbons (Fsp3) is 0.583. The molecule has 2 aromatic heterocycles. The van der Waals surface area contributed by atoms with Gasteiger partial charge in [-0.1, -0.05) is 0 Å². The topological polar surface area (TPSA) is 64.3 Å². The van der Waals surface area contributed by atoms with Gasteiger partial charge in [0.25, 0.3) is 0 Å². The Labute approximate surface area is 105 Å². The van der Waals surface area contributed by atoms with Crippen molar-refractivity contribution in [3.63, 3.8) is 0 Å². The smallest absolute Gasteiger partial charge is 0.203 e. The van der Waals surface area contributed by atoms with Gasteiger partial charge in [0.2, 0.25) is 5.65 Å². The lowest BCUT2D eigenvalue weighted by Gasteiger charge is -2.06. The quantitative estimate of drug-likeness (QED) is 0.783. The van der Waals surface area contributed by atoms with E-state index in [1.807, 2.05) is 10.6 Å². The summed E-state index contributed by atoms with van der Waals surface area (Å²) in [6.07, 6.45) is 7.12. The van der Waals surface area contributed by atoms with E-state index < -0.39 is 0 Å². The lowest BCUT2D eigenvalue weighted by molar-refractivity contribution is 0.198. The van der Waals surface area contributed by atoms with Crippen LogP contribution in [0, 0.1) is 0 Å². The van der Waals surface area contributed by atoms with E-state index in [0.29, 0.717) is 5.92 Å². The molecule has 1 saturated carbocycles. The Kier molecular flexibility index (Phi) is 3.10. The first-order valence-electron chi connectivity index (χ1n) is 6.32. The first-order valence-corrected chi connectivity index (χ1v) is 6.32. The fourth-order valence-corrected chi connectivity index (χ4v) is 2.01. The van der Waals surface area contributed by atoms with Gasteiger partial charge in [-0.2, -0.15) is 0 Å². The third-order valence-electron chi connectivity index (χ3n) is 3.11. The van der Waals surface area contributed by atoms with E-state index in [1.165, 1.54) is 12.8 Å². The molecule has 0 bridgehead atoms. The van der Waals surface area contributed by atoms with E-state index >= 15 is 0 Å². The molecule has 2 heterocycles. The second-order valence-corrected chi connectivity index (χ2v) is 4.58. The first kappa shape index (κ1) is 11.4. The minimum Gasteiger partial charge on any atom is -0.385 e. The molecule has 1 N–H and O–H groups in total. The monoisotopic (exact) mass is 247 g/mol. The van der Waals surface area contributed by atoms with E-state index in [0.717, 1.165) is 36.9 Å². The number of methoxy groups -OCH3 is 1. The Bertz CT molecular complexity index is 534. The van der Waals surface area contributed by atoms with Gasteiger partial charge in [-0.3, -0.25) is 4.40 Å². The van der Waals surface area contributed by atoms with Crippen LogP contribution in [0.15, 0.2) is 12.4 Å². The molecule has 0 radical (unpaired) electrons. The maximum atomic E-state index is 5.02. The predicted octanol–water partition coefficient (Wildman–Crippen LogP) is 1.45. The zero-order valence-electron chi connectivity index (χ0n) is 10.5. The Morgan fingerprint density at radius 3 is 3.11 bits per heavy atom. The van der Waals surface area contributed by atoms with E-state index in [9.17, 15) is 0 Å². The summed E-state index contributed by atoms with van der Waals surface area (Å²) in [7, 11) is 1.71. The standard InChI is InChI=1S/C12H17N5O/c1-18-8-2-5-13-10-12-16-15-11(9-3-4-9)17(12)7-6-14-10/h6-7,9H,2-5,8H2,1H3,(H,13,14). The van der Waals surface area contributed by atoms with Crippen molar-refractivity contribution in [3.05, 3.63) is 18.2 Å². The summed E-state index contributed by atoms with van der Waals surface area (Å²) < 4.78 is 7.06. The molecule has 1 fully saturated rings. The summed E-state index contributed by atoms with van der Waals surface area (Å²) in [5.41, 5.74) is 0.816. The molecule has 6 heteroatoms. The van der Waals surface area contributed by atoms with E-state index in [1.54, 1.807) is 13.3 Å². The van der Waals surface area contributed by atoms with Gasteiger partial charge in [-0.05, 0) is 19.3 Å². The van der Waals surface area contributed by atoms with Crippen LogP contribution in [0.3, 0.4) is 0 Å². The predicted molar refractivity (Wildman–Crippen MR) is 67.7 cm³/mol. The minimum absolute atomic E-state index is 0.587. The molecule has 0 amide bonds. The molecular formula is C12H17N5O. The first-order chi connectivity index (χ1) is 8.90. The van der Waals surface area contributed by atoms with Crippen LogP contribution < -0.4 is 5.32 Å². The molecule has 0 spiro atoms. The summed E-state index contributed by atoms with van der Waals surface area (Å²) in [4.78, 5) is 4.32. The maximum Gasteiger partial charge on any atom is 0.203 e. The highest BCUT2D eigenvalue weighted by Gasteiger charge is 2.29. The summed E-state index contributed by atoms with van der Waals surface area (Å²) in [5.74, 6) is 2.45. The average Bonchev–Trinajstić information content (AvgIpc) is 3.14. The highest BCUT2D eigenvalue weighted by molar-refractivity contribution is 5.62. The molecule has 0 aromatic carbocycles. The molecule has 18 heavy (non-hydrogen) atoms. The molecule has 0 atom stereocenters. The maximum absolute atomic E-state index is 5.02. The molecule has 1 aliphatic rings. The van der Waals surface area contributed by atoms with Crippen LogP contribution >= 0.6 is 0 Å². The number of aromatic nitrogens is 4. The highest BCUT2D eigenvalue weighted by atomic mass is 16.5. The van der Waals surface area contributed by atoms with Crippen LogP contribution in [0.2, 0.25) is 0 Å². The van der Waals surface area contributed by atoms with Gasteiger partial charge in [-0.15, -0.1) is 10.2 Å². The molecule has 3 rings (SSSR count). The molecule has 1 aliphatic carbocycles. The van der Waals surface area contributed by atoms with Gasteiger partial charge < -0.3 is 10.1 Å². The second kappa shape index (κ2) is 4.89. The van der Waals surface area contributed by atoms with E-state index in [4.69, 9.17) is 4.74 Å². The Morgan fingerprint density at radius 1 is 1.44 bits per heavy atom. The Balaban J connectivity index is 1.79. The summed E-state index contributed by atoms with van der Waals surface area (Å²) >= 11 is 0. The van der Waals surface area contributed by atoms with Crippen LogP contribution in [0.1, 0.15) is 31.0 Å². The fourth-order valence-electron chi connectivity index (χ4n) is 2.01. The van der Waals surface area contributed by atoms with Crippen molar-refractivity contribution < 1.29 is 4.74 Å². The number of hydrogen-bond donors (Lipinski definition) is 1. The van der Waals surface area contributed by atoms with E-state index in [-0.39, 0.29) is 0 Å². The van der Waals surface area contributed by atoms with Gasteiger partial charge in [0, 0.05) is 38.6 Å². The van der Waals surface area contributed by atoms with Gasteiger partial charge in [-0.25, -0.2) is 4.98 Å². The highest BCUT2D eigenvalue weighted by Crippen LogP contribution is 2.39. The van der Waals surface area contributed by atoms with Gasteiger partial charge in [0.15, 0.2) is 5.82 Å². The lowest BCUT2D eigenvalue weighted by atomic mass is 10.4. The molecular weight excluding hydrogens is 230 g/mol. The SMILES string of the molecule is COCCCNc1nccn2c(C3CC3)nnc12. The van der Waals surface area contributed by atoms with Crippen molar-refractivity contribution >= 4 is 11.5 Å². The van der Waals surface area contributed by atoms with Crippen LogP contribution in [0.25, 0.3) is 5.65 Å². The average molecular weight is 247 g/mol. The van der Waals surface area contributed by atoms with Crippen molar-refractivity contribution in [3.8, 4) is 0 Å². The Morgan fingerprint density at radius 2 is 2.33 bits per heavy atom. The zero-order valence-corrected chi connectivity index (χ0v) is 10.5. The number of nitrogens with one attached hydrogen (secondary N) is 1. The van der Waals surface area contributed by atoms with Crippen molar-refractivity contribution in [2.45, 2.75) is 25.2 Å². The number of rotatable bonds is 6. The van der Waals surface area contributed by atoms with Gasteiger partial charge >= 0.3 is 0 Å². The van der Waals surface area contributed by atoms with Crippen LogP contribution in [0.5, 0.6) is 0 Å². The largest absolute Gasteiger partial charge is 0.385 e. The molecule has 6 nitrogen and oxygen atoms in total. The normalized spacial score (nSPS) is 15.2. The molecule has 0 unspecified atom stereocenters. The lowest BCUT2D eigenvalue weighted by Crippen LogP contribution is -2.07. The van der Waals surface area contributed by atoms with Crippen LogP contribution in [-0.4, -0.2) is 39.8 Å². The molecule has 2 aromatic rings. The molecule has 96 valence electrons.